The first-order chi connectivity index (χ1) is 13.3. The molecule has 4 rings (SSSR count). The molecule has 136 valence electrons. The van der Waals surface area contributed by atoms with Gasteiger partial charge < -0.3 is 9.30 Å². The number of para-hydroxylation sites is 1. The summed E-state index contributed by atoms with van der Waals surface area (Å²) in [5, 5.41) is 12.7. The second-order valence-corrected chi connectivity index (χ2v) is 7.66. The summed E-state index contributed by atoms with van der Waals surface area (Å²) >= 11 is 3.30. The Labute approximate surface area is 166 Å². The molecular weight excluding hydrogens is 376 g/mol. The third-order valence-electron chi connectivity index (χ3n) is 4.10. The molecule has 0 saturated heterocycles. The van der Waals surface area contributed by atoms with Gasteiger partial charge in [-0.3, -0.25) is 0 Å². The molecule has 0 unspecified atom stereocenters. The molecule has 2 aromatic heterocycles. The van der Waals surface area contributed by atoms with Crippen molar-refractivity contribution in [2.24, 2.45) is 7.05 Å². The van der Waals surface area contributed by atoms with Gasteiger partial charge in [0.05, 0.1) is 18.4 Å². The molecule has 0 aliphatic rings. The summed E-state index contributed by atoms with van der Waals surface area (Å²) in [7, 11) is 3.64. The Morgan fingerprint density at radius 2 is 1.81 bits per heavy atom. The highest BCUT2D eigenvalue weighted by atomic mass is 32.2. The van der Waals surface area contributed by atoms with E-state index in [0.717, 1.165) is 44.3 Å². The summed E-state index contributed by atoms with van der Waals surface area (Å²) < 4.78 is 7.43. The Kier molecular flexibility index (Phi) is 5.22. The van der Waals surface area contributed by atoms with E-state index < -0.39 is 0 Å². The summed E-state index contributed by atoms with van der Waals surface area (Å²) in [5.74, 6) is 2.33. The Bertz CT molecular complexity index is 1040. The minimum absolute atomic E-state index is 0.751. The van der Waals surface area contributed by atoms with Crippen molar-refractivity contribution in [2.75, 3.05) is 7.11 Å². The van der Waals surface area contributed by atoms with E-state index in [0.29, 0.717) is 0 Å². The maximum absolute atomic E-state index is 5.44. The largest absolute Gasteiger partial charge is 0.496 e. The van der Waals surface area contributed by atoms with Gasteiger partial charge in [0.15, 0.2) is 11.0 Å². The van der Waals surface area contributed by atoms with Gasteiger partial charge in [-0.2, -0.15) is 0 Å². The Morgan fingerprint density at radius 3 is 2.63 bits per heavy atom. The van der Waals surface area contributed by atoms with E-state index in [9.17, 15) is 0 Å². The van der Waals surface area contributed by atoms with Crippen LogP contribution in [0.1, 0.15) is 5.69 Å². The molecule has 0 aliphatic heterocycles. The summed E-state index contributed by atoms with van der Waals surface area (Å²) in [6.45, 7) is 0. The molecule has 0 atom stereocenters. The highest BCUT2D eigenvalue weighted by molar-refractivity contribution is 7.98. The number of hydrogen-bond donors (Lipinski definition) is 0. The van der Waals surface area contributed by atoms with Gasteiger partial charge in [-0.25, -0.2) is 4.98 Å². The number of rotatable bonds is 6. The summed E-state index contributed by atoms with van der Waals surface area (Å²) in [6.07, 6.45) is 0. The lowest BCUT2D eigenvalue weighted by Gasteiger charge is -2.07. The first kappa shape index (κ1) is 17.8. The highest BCUT2D eigenvalue weighted by Crippen LogP contribution is 2.31. The number of ether oxygens (including phenoxy) is 1. The average molecular weight is 395 g/mol. The SMILES string of the molecule is COc1ccccc1-c1nnc(SCc2csc(-c3ccccc3)n2)n1C. The van der Waals surface area contributed by atoms with E-state index in [1.165, 1.54) is 0 Å². The molecule has 27 heavy (non-hydrogen) atoms. The smallest absolute Gasteiger partial charge is 0.191 e. The van der Waals surface area contributed by atoms with Crippen LogP contribution in [0.2, 0.25) is 0 Å². The lowest BCUT2D eigenvalue weighted by Crippen LogP contribution is -1.97. The van der Waals surface area contributed by atoms with E-state index in [4.69, 9.17) is 9.72 Å². The average Bonchev–Trinajstić information content (AvgIpc) is 3.34. The van der Waals surface area contributed by atoms with Gasteiger partial charge in [-0.15, -0.1) is 21.5 Å². The predicted molar refractivity (Wildman–Crippen MR) is 110 cm³/mol. The van der Waals surface area contributed by atoms with Gasteiger partial charge in [0, 0.05) is 23.7 Å². The monoisotopic (exact) mass is 394 g/mol. The maximum atomic E-state index is 5.44. The van der Waals surface area contributed by atoms with Crippen LogP contribution in [0.3, 0.4) is 0 Å². The zero-order valence-electron chi connectivity index (χ0n) is 15.0. The van der Waals surface area contributed by atoms with E-state index in [2.05, 4.69) is 27.7 Å². The Balaban J connectivity index is 1.50. The third kappa shape index (κ3) is 3.74. The van der Waals surface area contributed by atoms with Crippen LogP contribution in [0.25, 0.3) is 22.0 Å². The second-order valence-electron chi connectivity index (χ2n) is 5.86. The molecule has 2 aromatic carbocycles. The minimum atomic E-state index is 0.751. The van der Waals surface area contributed by atoms with Crippen molar-refractivity contribution in [1.82, 2.24) is 19.7 Å². The molecule has 0 amide bonds. The molecule has 0 aliphatic carbocycles. The maximum Gasteiger partial charge on any atom is 0.191 e. The van der Waals surface area contributed by atoms with E-state index in [1.807, 2.05) is 54.1 Å². The van der Waals surface area contributed by atoms with Gasteiger partial charge >= 0.3 is 0 Å². The van der Waals surface area contributed by atoms with Gasteiger partial charge in [0.1, 0.15) is 10.8 Å². The second kappa shape index (κ2) is 7.94. The normalized spacial score (nSPS) is 10.9. The van der Waals surface area contributed by atoms with E-state index in [-0.39, 0.29) is 0 Å². The molecule has 0 bridgehead atoms. The highest BCUT2D eigenvalue weighted by Gasteiger charge is 2.15. The fraction of sp³-hybridized carbons (Fsp3) is 0.150. The zero-order valence-corrected chi connectivity index (χ0v) is 16.6. The molecule has 7 heteroatoms. The van der Waals surface area contributed by atoms with E-state index in [1.54, 1.807) is 30.2 Å². The van der Waals surface area contributed by atoms with Crippen LogP contribution in [-0.4, -0.2) is 26.9 Å². The lowest BCUT2D eigenvalue weighted by molar-refractivity contribution is 0.416. The number of hydrogen-bond acceptors (Lipinski definition) is 6. The minimum Gasteiger partial charge on any atom is -0.496 e. The zero-order chi connectivity index (χ0) is 18.6. The van der Waals surface area contributed by atoms with Crippen LogP contribution >= 0.6 is 23.1 Å². The van der Waals surface area contributed by atoms with Crippen LogP contribution < -0.4 is 4.74 Å². The quantitative estimate of drug-likeness (QED) is 0.435. The fourth-order valence-electron chi connectivity index (χ4n) is 2.73. The van der Waals surface area contributed by atoms with Gasteiger partial charge in [-0.05, 0) is 12.1 Å². The van der Waals surface area contributed by atoms with Crippen LogP contribution in [0.4, 0.5) is 0 Å². The van der Waals surface area contributed by atoms with Crippen molar-refractivity contribution in [1.29, 1.82) is 0 Å². The molecular formula is C20H18N4OS2. The number of aromatic nitrogens is 4. The molecule has 2 heterocycles. The number of benzene rings is 2. The van der Waals surface area contributed by atoms with Crippen LogP contribution in [0, 0.1) is 0 Å². The Hall–Kier alpha value is -2.64. The van der Waals surface area contributed by atoms with Gasteiger partial charge in [0.25, 0.3) is 0 Å². The van der Waals surface area contributed by atoms with Crippen LogP contribution in [-0.2, 0) is 12.8 Å². The summed E-state index contributed by atoms with van der Waals surface area (Å²) in [5.41, 5.74) is 3.13. The van der Waals surface area contributed by atoms with Gasteiger partial charge in [-0.1, -0.05) is 54.2 Å². The summed E-state index contributed by atoms with van der Waals surface area (Å²) in [4.78, 5) is 4.74. The number of thioether (sulfide) groups is 1. The van der Waals surface area contributed by atoms with Crippen LogP contribution in [0.15, 0.2) is 65.1 Å². The molecule has 4 aromatic rings. The van der Waals surface area contributed by atoms with Gasteiger partial charge in [0.2, 0.25) is 0 Å². The van der Waals surface area contributed by atoms with Crippen molar-refractivity contribution in [3.05, 3.63) is 65.7 Å². The first-order valence-electron chi connectivity index (χ1n) is 8.41. The molecule has 0 N–H and O–H groups in total. The number of methoxy groups -OCH3 is 1. The molecule has 0 spiro atoms. The van der Waals surface area contributed by atoms with Crippen molar-refractivity contribution in [2.45, 2.75) is 10.9 Å². The van der Waals surface area contributed by atoms with Crippen molar-refractivity contribution >= 4 is 23.1 Å². The molecule has 5 nitrogen and oxygen atoms in total. The fourth-order valence-corrected chi connectivity index (χ4v) is 4.46. The van der Waals surface area contributed by atoms with Crippen LogP contribution in [0.5, 0.6) is 5.75 Å². The summed E-state index contributed by atoms with van der Waals surface area (Å²) in [6, 6.07) is 18.1. The molecule has 0 radical (unpaired) electrons. The predicted octanol–water partition coefficient (Wildman–Crippen LogP) is 4.91. The number of nitrogens with zero attached hydrogens (tertiary/aromatic N) is 4. The standard InChI is InChI=1S/C20H18N4OS2/c1-24-18(16-10-6-7-11-17(16)25-2)22-23-20(24)27-13-15-12-26-19(21-15)14-8-4-3-5-9-14/h3-12H,13H2,1-2H3. The number of thiazole rings is 1. The molecule has 0 fully saturated rings. The first-order valence-corrected chi connectivity index (χ1v) is 10.3. The lowest BCUT2D eigenvalue weighted by atomic mass is 10.2. The molecule has 0 saturated carbocycles. The van der Waals surface area contributed by atoms with E-state index >= 15 is 0 Å². The third-order valence-corrected chi connectivity index (χ3v) is 6.10. The van der Waals surface area contributed by atoms with Crippen molar-refractivity contribution in [3.8, 4) is 27.7 Å². The van der Waals surface area contributed by atoms with Crippen molar-refractivity contribution in [3.63, 3.8) is 0 Å². The van der Waals surface area contributed by atoms with Crippen molar-refractivity contribution < 1.29 is 4.74 Å². The Morgan fingerprint density at radius 1 is 1.04 bits per heavy atom. The topological polar surface area (TPSA) is 52.8 Å².